The third-order valence-corrected chi connectivity index (χ3v) is 4.99. The smallest absolute Gasteiger partial charge is 0.136 e. The zero-order chi connectivity index (χ0) is 18.5. The van der Waals surface area contributed by atoms with Crippen LogP contribution in [0.2, 0.25) is 0 Å². The van der Waals surface area contributed by atoms with E-state index >= 15 is 0 Å². The topological polar surface area (TPSA) is 57.9 Å². The lowest BCUT2D eigenvalue weighted by Crippen LogP contribution is -1.92. The van der Waals surface area contributed by atoms with Gasteiger partial charge >= 0.3 is 0 Å². The summed E-state index contributed by atoms with van der Waals surface area (Å²) in [5.41, 5.74) is 5.78. The Balaban J connectivity index is 1.83. The first-order chi connectivity index (χ1) is 12.6. The van der Waals surface area contributed by atoms with E-state index < -0.39 is 0 Å². The van der Waals surface area contributed by atoms with E-state index in [2.05, 4.69) is 48.4 Å². The number of nitriles is 1. The fraction of sp³-hybridized carbons (Fsp3) is 0.143. The number of hydrogen-bond donors (Lipinski definition) is 1. The van der Waals surface area contributed by atoms with Crippen LogP contribution in [-0.2, 0) is 0 Å². The molecule has 1 N–H and O–H groups in total. The standard InChI is InChI=1S/C21H19N3OS/c1-14-7-8-16(9-15(14)2)20-13-26-21(24-20)17(11-22)12-23-18-5-4-6-19(10-18)25-3/h4-10,12-13,23H,1-3H3. The normalized spacial score (nSPS) is 11.1. The molecule has 1 heterocycles. The van der Waals surface area contributed by atoms with Crippen molar-refractivity contribution in [2.75, 3.05) is 12.4 Å². The number of ether oxygens (including phenoxy) is 1. The van der Waals surface area contributed by atoms with Crippen LogP contribution in [0.15, 0.2) is 54.0 Å². The van der Waals surface area contributed by atoms with Gasteiger partial charge in [0.1, 0.15) is 22.4 Å². The Labute approximate surface area is 157 Å². The minimum atomic E-state index is 0.493. The van der Waals surface area contributed by atoms with E-state index in [-0.39, 0.29) is 0 Å². The molecule has 0 saturated carbocycles. The average Bonchev–Trinajstić information content (AvgIpc) is 3.14. The van der Waals surface area contributed by atoms with Crippen LogP contribution < -0.4 is 10.1 Å². The van der Waals surface area contributed by atoms with Crippen molar-refractivity contribution in [1.29, 1.82) is 5.26 Å². The number of nitrogens with zero attached hydrogens (tertiary/aromatic N) is 2. The highest BCUT2D eigenvalue weighted by Gasteiger charge is 2.09. The van der Waals surface area contributed by atoms with E-state index in [9.17, 15) is 5.26 Å². The maximum atomic E-state index is 9.50. The fourth-order valence-corrected chi connectivity index (χ4v) is 3.24. The molecule has 0 atom stereocenters. The van der Waals surface area contributed by atoms with Crippen molar-refractivity contribution in [2.45, 2.75) is 13.8 Å². The molecule has 0 unspecified atom stereocenters. The van der Waals surface area contributed by atoms with Crippen molar-refractivity contribution in [3.8, 4) is 23.1 Å². The van der Waals surface area contributed by atoms with E-state index in [1.165, 1.54) is 22.5 Å². The van der Waals surface area contributed by atoms with E-state index in [0.717, 1.165) is 22.7 Å². The van der Waals surface area contributed by atoms with Gasteiger partial charge < -0.3 is 10.1 Å². The number of methoxy groups -OCH3 is 1. The highest BCUT2D eigenvalue weighted by Crippen LogP contribution is 2.27. The molecule has 26 heavy (non-hydrogen) atoms. The molecule has 4 nitrogen and oxygen atoms in total. The Hall–Kier alpha value is -3.10. The van der Waals surface area contributed by atoms with Gasteiger partial charge in [-0.15, -0.1) is 11.3 Å². The zero-order valence-corrected chi connectivity index (χ0v) is 15.7. The molecule has 3 rings (SSSR count). The minimum absolute atomic E-state index is 0.493. The number of anilines is 1. The monoisotopic (exact) mass is 361 g/mol. The van der Waals surface area contributed by atoms with Crippen molar-refractivity contribution < 1.29 is 4.74 Å². The van der Waals surface area contributed by atoms with Crippen molar-refractivity contribution in [1.82, 2.24) is 4.98 Å². The van der Waals surface area contributed by atoms with Crippen LogP contribution >= 0.6 is 11.3 Å². The molecule has 5 heteroatoms. The van der Waals surface area contributed by atoms with Crippen LogP contribution in [0.3, 0.4) is 0 Å². The lowest BCUT2D eigenvalue weighted by atomic mass is 10.1. The van der Waals surface area contributed by atoms with Crippen molar-refractivity contribution in [3.05, 3.63) is 70.2 Å². The van der Waals surface area contributed by atoms with Crippen LogP contribution in [-0.4, -0.2) is 12.1 Å². The Morgan fingerprint density at radius 1 is 1.19 bits per heavy atom. The summed E-state index contributed by atoms with van der Waals surface area (Å²) >= 11 is 1.46. The van der Waals surface area contributed by atoms with Gasteiger partial charge in [-0.3, -0.25) is 0 Å². The number of benzene rings is 2. The molecule has 0 saturated heterocycles. The second kappa shape index (κ2) is 7.85. The molecule has 0 amide bonds. The Bertz CT molecular complexity index is 998. The van der Waals surface area contributed by atoms with Gasteiger partial charge in [0.25, 0.3) is 0 Å². The van der Waals surface area contributed by atoms with E-state index in [1.807, 2.05) is 29.6 Å². The SMILES string of the molecule is COc1cccc(NC=C(C#N)c2nc(-c3ccc(C)c(C)c3)cs2)c1. The first-order valence-electron chi connectivity index (χ1n) is 8.15. The van der Waals surface area contributed by atoms with Gasteiger partial charge in [-0.25, -0.2) is 4.98 Å². The molecule has 0 fully saturated rings. The highest BCUT2D eigenvalue weighted by atomic mass is 32.1. The number of aryl methyl sites for hydroxylation is 2. The summed E-state index contributed by atoms with van der Waals surface area (Å²) in [6.45, 7) is 4.18. The van der Waals surface area contributed by atoms with Crippen LogP contribution in [0.5, 0.6) is 5.75 Å². The number of thiazole rings is 1. The summed E-state index contributed by atoms with van der Waals surface area (Å²) < 4.78 is 5.21. The fourth-order valence-electron chi connectivity index (χ4n) is 2.44. The maximum absolute atomic E-state index is 9.50. The first kappa shape index (κ1) is 17.7. The summed E-state index contributed by atoms with van der Waals surface area (Å²) in [7, 11) is 1.62. The lowest BCUT2D eigenvalue weighted by Gasteiger charge is -2.04. The quantitative estimate of drug-likeness (QED) is 0.617. The Morgan fingerprint density at radius 2 is 2.04 bits per heavy atom. The number of nitrogens with one attached hydrogen (secondary N) is 1. The van der Waals surface area contributed by atoms with Gasteiger partial charge in [-0.1, -0.05) is 18.2 Å². The second-order valence-corrected chi connectivity index (χ2v) is 6.74. The Kier molecular flexibility index (Phi) is 5.35. The zero-order valence-electron chi connectivity index (χ0n) is 14.9. The minimum Gasteiger partial charge on any atom is -0.497 e. The van der Waals surface area contributed by atoms with Gasteiger partial charge in [0.15, 0.2) is 0 Å². The van der Waals surface area contributed by atoms with Gasteiger partial charge in [0.05, 0.1) is 12.8 Å². The summed E-state index contributed by atoms with van der Waals surface area (Å²) in [4.78, 5) is 4.63. The number of aromatic nitrogens is 1. The first-order valence-corrected chi connectivity index (χ1v) is 9.03. The number of rotatable bonds is 5. The third-order valence-electron chi connectivity index (χ3n) is 4.11. The molecule has 0 radical (unpaired) electrons. The third kappa shape index (κ3) is 3.93. The largest absolute Gasteiger partial charge is 0.497 e. The van der Waals surface area contributed by atoms with Crippen LogP contribution in [0.25, 0.3) is 16.8 Å². The Morgan fingerprint density at radius 3 is 2.77 bits per heavy atom. The predicted molar refractivity (Wildman–Crippen MR) is 107 cm³/mol. The van der Waals surface area contributed by atoms with Crippen LogP contribution in [0.1, 0.15) is 16.1 Å². The molecular formula is C21H19N3OS. The van der Waals surface area contributed by atoms with Crippen molar-refractivity contribution in [2.24, 2.45) is 0 Å². The van der Waals surface area contributed by atoms with Crippen molar-refractivity contribution in [3.63, 3.8) is 0 Å². The summed E-state index contributed by atoms with van der Waals surface area (Å²) in [5.74, 6) is 0.758. The van der Waals surface area contributed by atoms with E-state index in [1.54, 1.807) is 13.3 Å². The summed E-state index contributed by atoms with van der Waals surface area (Å²) in [6.07, 6.45) is 1.68. The van der Waals surface area contributed by atoms with E-state index in [0.29, 0.717) is 10.6 Å². The van der Waals surface area contributed by atoms with Crippen LogP contribution in [0.4, 0.5) is 5.69 Å². The highest BCUT2D eigenvalue weighted by molar-refractivity contribution is 7.11. The van der Waals surface area contributed by atoms with Gasteiger partial charge in [0.2, 0.25) is 0 Å². The van der Waals surface area contributed by atoms with E-state index in [4.69, 9.17) is 4.74 Å². The molecule has 0 bridgehead atoms. The summed E-state index contributed by atoms with van der Waals surface area (Å²) in [6, 6.07) is 16.0. The molecule has 130 valence electrons. The van der Waals surface area contributed by atoms with Crippen LogP contribution in [0, 0.1) is 25.2 Å². The summed E-state index contributed by atoms with van der Waals surface area (Å²) in [5, 5.41) is 15.3. The predicted octanol–water partition coefficient (Wildman–Crippen LogP) is 5.41. The molecule has 2 aromatic carbocycles. The maximum Gasteiger partial charge on any atom is 0.136 e. The molecular weight excluding hydrogens is 342 g/mol. The lowest BCUT2D eigenvalue weighted by molar-refractivity contribution is 0.415. The van der Waals surface area contributed by atoms with Crippen molar-refractivity contribution >= 4 is 22.6 Å². The molecule has 1 aromatic heterocycles. The number of hydrogen-bond acceptors (Lipinski definition) is 5. The molecule has 0 spiro atoms. The second-order valence-electron chi connectivity index (χ2n) is 5.88. The molecule has 0 aliphatic carbocycles. The molecule has 3 aromatic rings. The van der Waals surface area contributed by atoms with Gasteiger partial charge in [0, 0.05) is 28.9 Å². The van der Waals surface area contributed by atoms with Gasteiger partial charge in [-0.05, 0) is 43.2 Å². The molecule has 0 aliphatic rings. The average molecular weight is 361 g/mol. The van der Waals surface area contributed by atoms with Gasteiger partial charge in [-0.2, -0.15) is 5.26 Å². The number of allylic oxidation sites excluding steroid dienone is 1. The molecule has 0 aliphatic heterocycles.